The first-order valence-electron chi connectivity index (χ1n) is 6.52. The summed E-state index contributed by atoms with van der Waals surface area (Å²) in [6.45, 7) is 0.895. The van der Waals surface area contributed by atoms with Crippen LogP contribution < -0.4 is 5.32 Å². The second-order valence-corrected chi connectivity index (χ2v) is 6.00. The lowest BCUT2D eigenvalue weighted by Crippen LogP contribution is -2.47. The number of carbonyl (C=O) groups excluding carboxylic acids is 1. The molecule has 0 bridgehead atoms. The quantitative estimate of drug-likeness (QED) is 0.893. The molecule has 1 N–H and O–H groups in total. The van der Waals surface area contributed by atoms with E-state index < -0.39 is 17.5 Å². The summed E-state index contributed by atoms with van der Waals surface area (Å²) in [6.07, 6.45) is -3.70. The number of ether oxygens (including phenoxy) is 1. The average Bonchev–Trinajstić information content (AvgIpc) is 2.45. The number of nitrogens with one attached hydrogen (secondary N) is 1. The Bertz CT molecular complexity index is 496. The van der Waals surface area contributed by atoms with Crippen molar-refractivity contribution < 1.29 is 22.7 Å². The summed E-state index contributed by atoms with van der Waals surface area (Å²) in [7, 11) is 0. The number of carbonyl (C=O) groups is 1. The van der Waals surface area contributed by atoms with Gasteiger partial charge in [0.2, 0.25) is 0 Å². The Kier molecular flexibility index (Phi) is 4.93. The Labute approximate surface area is 129 Å². The molecule has 1 aromatic carbocycles. The summed E-state index contributed by atoms with van der Waals surface area (Å²) in [5.74, 6) is -1.90. The molecule has 3 nitrogen and oxygen atoms in total. The van der Waals surface area contributed by atoms with Crippen LogP contribution in [0.4, 0.5) is 13.2 Å². The summed E-state index contributed by atoms with van der Waals surface area (Å²) in [5, 5.41) is 2.02. The monoisotopic (exact) mass is 365 g/mol. The van der Waals surface area contributed by atoms with Gasteiger partial charge in [-0.15, -0.1) is 0 Å². The second-order valence-electron chi connectivity index (χ2n) is 5.08. The SMILES string of the molecule is O=C(NCC1(c2ccc(Br)cc2)CCOCC1)C(F)(F)F. The lowest BCUT2D eigenvalue weighted by Gasteiger charge is -2.38. The van der Waals surface area contributed by atoms with Gasteiger partial charge in [0.15, 0.2) is 0 Å². The zero-order chi connectivity index (χ0) is 15.5. The van der Waals surface area contributed by atoms with Crippen molar-refractivity contribution in [1.29, 1.82) is 0 Å². The first kappa shape index (κ1) is 16.3. The van der Waals surface area contributed by atoms with E-state index in [-0.39, 0.29) is 6.54 Å². The number of amides is 1. The van der Waals surface area contributed by atoms with Gasteiger partial charge >= 0.3 is 12.1 Å². The van der Waals surface area contributed by atoms with Gasteiger partial charge in [0.25, 0.3) is 0 Å². The van der Waals surface area contributed by atoms with Crippen molar-refractivity contribution in [2.24, 2.45) is 0 Å². The molecule has 21 heavy (non-hydrogen) atoms. The zero-order valence-corrected chi connectivity index (χ0v) is 12.8. The van der Waals surface area contributed by atoms with E-state index in [0.29, 0.717) is 26.1 Å². The highest BCUT2D eigenvalue weighted by molar-refractivity contribution is 9.10. The molecule has 1 aromatic rings. The highest BCUT2D eigenvalue weighted by Gasteiger charge is 2.41. The lowest BCUT2D eigenvalue weighted by molar-refractivity contribution is -0.174. The molecule has 0 aliphatic carbocycles. The van der Waals surface area contributed by atoms with Crippen molar-refractivity contribution in [3.05, 3.63) is 34.3 Å². The Morgan fingerprint density at radius 2 is 1.81 bits per heavy atom. The molecule has 7 heteroatoms. The van der Waals surface area contributed by atoms with Crippen LogP contribution in [-0.2, 0) is 14.9 Å². The van der Waals surface area contributed by atoms with Crippen molar-refractivity contribution in [3.8, 4) is 0 Å². The van der Waals surface area contributed by atoms with E-state index >= 15 is 0 Å². The second kappa shape index (κ2) is 6.36. The minimum absolute atomic E-state index is 0.0453. The Morgan fingerprint density at radius 3 is 2.33 bits per heavy atom. The minimum Gasteiger partial charge on any atom is -0.381 e. The topological polar surface area (TPSA) is 38.3 Å². The maximum absolute atomic E-state index is 12.3. The molecule has 1 fully saturated rings. The number of alkyl halides is 3. The molecule has 0 aromatic heterocycles. The first-order chi connectivity index (χ1) is 9.83. The van der Waals surface area contributed by atoms with Crippen molar-refractivity contribution in [2.45, 2.75) is 24.4 Å². The fraction of sp³-hybridized carbons (Fsp3) is 0.500. The third-order valence-corrected chi connectivity index (χ3v) is 4.28. The molecule has 0 unspecified atom stereocenters. The van der Waals surface area contributed by atoms with E-state index in [1.165, 1.54) is 0 Å². The predicted octanol–water partition coefficient (Wildman–Crippen LogP) is 3.18. The lowest BCUT2D eigenvalue weighted by atomic mass is 9.74. The summed E-state index contributed by atoms with van der Waals surface area (Å²) < 4.78 is 43.2. The molecule has 0 radical (unpaired) electrons. The number of hydrogen-bond acceptors (Lipinski definition) is 2. The van der Waals surface area contributed by atoms with E-state index in [0.717, 1.165) is 10.0 Å². The molecule has 2 rings (SSSR count). The minimum atomic E-state index is -4.86. The van der Waals surface area contributed by atoms with Crippen molar-refractivity contribution in [3.63, 3.8) is 0 Å². The molecule has 0 atom stereocenters. The van der Waals surface area contributed by atoms with Gasteiger partial charge in [-0.05, 0) is 30.5 Å². The maximum Gasteiger partial charge on any atom is 0.471 e. The van der Waals surface area contributed by atoms with E-state index in [1.807, 2.05) is 29.6 Å². The van der Waals surface area contributed by atoms with Gasteiger partial charge in [0.1, 0.15) is 0 Å². The molecule has 1 aliphatic rings. The first-order valence-corrected chi connectivity index (χ1v) is 7.32. The molecule has 116 valence electrons. The van der Waals surface area contributed by atoms with Gasteiger partial charge in [-0.25, -0.2) is 0 Å². The summed E-state index contributed by atoms with van der Waals surface area (Å²) >= 11 is 3.33. The molecular formula is C14H15BrF3NO2. The molecular weight excluding hydrogens is 351 g/mol. The van der Waals surface area contributed by atoms with Crippen LogP contribution in [0.2, 0.25) is 0 Å². The van der Waals surface area contributed by atoms with Gasteiger partial charge in [-0.1, -0.05) is 28.1 Å². The zero-order valence-electron chi connectivity index (χ0n) is 11.2. The molecule has 1 amide bonds. The van der Waals surface area contributed by atoms with Gasteiger partial charge in [0, 0.05) is 29.6 Å². The van der Waals surface area contributed by atoms with Crippen LogP contribution in [0.25, 0.3) is 0 Å². The average molecular weight is 366 g/mol. The van der Waals surface area contributed by atoms with Gasteiger partial charge in [-0.2, -0.15) is 13.2 Å². The van der Waals surface area contributed by atoms with Crippen molar-refractivity contribution in [2.75, 3.05) is 19.8 Å². The van der Waals surface area contributed by atoms with Crippen LogP contribution >= 0.6 is 15.9 Å². The Morgan fingerprint density at radius 1 is 1.24 bits per heavy atom. The van der Waals surface area contributed by atoms with Crippen LogP contribution in [-0.4, -0.2) is 31.8 Å². The summed E-state index contributed by atoms with van der Waals surface area (Å²) in [6, 6.07) is 7.43. The predicted molar refractivity (Wildman–Crippen MR) is 74.9 cm³/mol. The van der Waals surface area contributed by atoms with E-state index in [2.05, 4.69) is 15.9 Å². The number of rotatable bonds is 3. The fourth-order valence-electron chi connectivity index (χ4n) is 2.48. The molecule has 1 saturated heterocycles. The molecule has 1 heterocycles. The third kappa shape index (κ3) is 3.97. The van der Waals surface area contributed by atoms with Crippen LogP contribution in [0.3, 0.4) is 0 Å². The molecule has 1 aliphatic heterocycles. The van der Waals surface area contributed by atoms with Crippen LogP contribution in [0.15, 0.2) is 28.7 Å². The van der Waals surface area contributed by atoms with Gasteiger partial charge in [-0.3, -0.25) is 4.79 Å². The normalized spacial score (nSPS) is 18.3. The summed E-state index contributed by atoms with van der Waals surface area (Å²) in [4.78, 5) is 11.1. The number of halogens is 4. The summed E-state index contributed by atoms with van der Waals surface area (Å²) in [5.41, 5.74) is 0.399. The largest absolute Gasteiger partial charge is 0.471 e. The number of hydrogen-bond donors (Lipinski definition) is 1. The van der Waals surface area contributed by atoms with Crippen LogP contribution in [0.5, 0.6) is 0 Å². The van der Waals surface area contributed by atoms with Gasteiger partial charge < -0.3 is 10.1 Å². The smallest absolute Gasteiger partial charge is 0.381 e. The van der Waals surface area contributed by atoms with Crippen molar-refractivity contribution in [1.82, 2.24) is 5.32 Å². The molecule has 0 saturated carbocycles. The standard InChI is InChI=1S/C14H15BrF3NO2/c15-11-3-1-10(2-4-11)13(5-7-21-8-6-13)9-19-12(20)14(16,17)18/h1-4H,5-9H2,(H,19,20). The third-order valence-electron chi connectivity index (χ3n) is 3.75. The molecule has 0 spiro atoms. The van der Waals surface area contributed by atoms with Crippen LogP contribution in [0.1, 0.15) is 18.4 Å². The van der Waals surface area contributed by atoms with Crippen LogP contribution in [0, 0.1) is 0 Å². The number of benzene rings is 1. The van der Waals surface area contributed by atoms with E-state index in [4.69, 9.17) is 4.74 Å². The van der Waals surface area contributed by atoms with Crippen molar-refractivity contribution >= 4 is 21.8 Å². The Hall–Kier alpha value is -1.08. The Balaban J connectivity index is 2.17. The highest BCUT2D eigenvalue weighted by atomic mass is 79.9. The van der Waals surface area contributed by atoms with E-state index in [1.54, 1.807) is 0 Å². The van der Waals surface area contributed by atoms with E-state index in [9.17, 15) is 18.0 Å². The highest BCUT2D eigenvalue weighted by Crippen LogP contribution is 2.35. The maximum atomic E-state index is 12.3. The van der Waals surface area contributed by atoms with Gasteiger partial charge in [0.05, 0.1) is 0 Å². The fourth-order valence-corrected chi connectivity index (χ4v) is 2.75.